The van der Waals surface area contributed by atoms with Gasteiger partial charge in [-0.15, -0.1) is 0 Å². The molecule has 6 heteroatoms. The Bertz CT molecular complexity index is 708. The van der Waals surface area contributed by atoms with E-state index in [9.17, 15) is 0 Å². The molecular weight excluding hydrogens is 334 g/mol. The van der Waals surface area contributed by atoms with Crippen molar-refractivity contribution in [2.75, 3.05) is 49.1 Å². The van der Waals surface area contributed by atoms with Crippen molar-refractivity contribution in [1.82, 2.24) is 14.9 Å². The van der Waals surface area contributed by atoms with Gasteiger partial charge in [-0.2, -0.15) is 4.98 Å². The highest BCUT2D eigenvalue weighted by molar-refractivity contribution is 6.31. The van der Waals surface area contributed by atoms with E-state index in [2.05, 4.69) is 31.8 Å². The summed E-state index contributed by atoms with van der Waals surface area (Å²) in [5, 5.41) is 0.853. The zero-order valence-electron chi connectivity index (χ0n) is 14.4. The van der Waals surface area contributed by atoms with Crippen molar-refractivity contribution in [3.8, 4) is 0 Å². The van der Waals surface area contributed by atoms with Crippen molar-refractivity contribution in [3.63, 3.8) is 0 Å². The molecule has 0 amide bonds. The number of halogens is 1. The lowest BCUT2D eigenvalue weighted by Crippen LogP contribution is -2.46. The van der Waals surface area contributed by atoms with E-state index < -0.39 is 0 Å². The Balaban J connectivity index is 1.37. The second-order valence-electron chi connectivity index (χ2n) is 6.76. The first-order valence-corrected chi connectivity index (χ1v) is 9.46. The van der Waals surface area contributed by atoms with E-state index in [1.807, 2.05) is 24.4 Å². The average molecular weight is 358 g/mol. The van der Waals surface area contributed by atoms with E-state index in [0.29, 0.717) is 0 Å². The minimum atomic E-state index is 0.853. The van der Waals surface area contributed by atoms with Crippen LogP contribution in [0.1, 0.15) is 18.4 Å². The fourth-order valence-electron chi connectivity index (χ4n) is 3.59. The maximum Gasteiger partial charge on any atom is 0.227 e. The molecule has 132 valence electrons. The van der Waals surface area contributed by atoms with Crippen LogP contribution in [0.25, 0.3) is 0 Å². The molecular formula is C19H24ClN5. The molecule has 0 atom stereocenters. The molecule has 1 aromatic carbocycles. The van der Waals surface area contributed by atoms with Gasteiger partial charge in [0.25, 0.3) is 0 Å². The van der Waals surface area contributed by atoms with Gasteiger partial charge in [0.15, 0.2) is 0 Å². The molecule has 5 nitrogen and oxygen atoms in total. The van der Waals surface area contributed by atoms with Gasteiger partial charge in [0, 0.05) is 57.0 Å². The average Bonchev–Trinajstić information content (AvgIpc) is 3.19. The van der Waals surface area contributed by atoms with Gasteiger partial charge >= 0.3 is 0 Å². The number of piperazine rings is 1. The van der Waals surface area contributed by atoms with Crippen molar-refractivity contribution in [2.45, 2.75) is 19.4 Å². The van der Waals surface area contributed by atoms with Crippen LogP contribution in [0, 0.1) is 0 Å². The molecule has 0 bridgehead atoms. The van der Waals surface area contributed by atoms with Gasteiger partial charge in [-0.3, -0.25) is 4.90 Å². The van der Waals surface area contributed by atoms with Gasteiger partial charge in [-0.25, -0.2) is 4.98 Å². The summed E-state index contributed by atoms with van der Waals surface area (Å²) in [4.78, 5) is 16.4. The highest BCUT2D eigenvalue weighted by Gasteiger charge is 2.21. The second-order valence-corrected chi connectivity index (χ2v) is 7.17. The highest BCUT2D eigenvalue weighted by Crippen LogP contribution is 2.21. The number of hydrogen-bond acceptors (Lipinski definition) is 5. The SMILES string of the molecule is Clc1ccccc1CN1CCN(c2nccc(N3CCCC3)n2)CC1. The lowest BCUT2D eigenvalue weighted by atomic mass is 10.2. The quantitative estimate of drug-likeness (QED) is 0.840. The number of rotatable bonds is 4. The molecule has 1 aromatic heterocycles. The van der Waals surface area contributed by atoms with Crippen molar-refractivity contribution in [2.24, 2.45) is 0 Å². The van der Waals surface area contributed by atoms with Gasteiger partial charge in [0.1, 0.15) is 5.82 Å². The minimum Gasteiger partial charge on any atom is -0.356 e. The third-order valence-corrected chi connectivity index (χ3v) is 5.43. The number of aromatic nitrogens is 2. The molecule has 0 radical (unpaired) electrons. The zero-order chi connectivity index (χ0) is 17.1. The molecule has 3 heterocycles. The fraction of sp³-hybridized carbons (Fsp3) is 0.474. The van der Waals surface area contributed by atoms with Crippen LogP contribution in [-0.4, -0.2) is 54.1 Å². The third kappa shape index (κ3) is 3.88. The molecule has 2 saturated heterocycles. The lowest BCUT2D eigenvalue weighted by Gasteiger charge is -2.35. The van der Waals surface area contributed by atoms with Crippen LogP contribution in [0.5, 0.6) is 0 Å². The highest BCUT2D eigenvalue weighted by atomic mass is 35.5. The summed E-state index contributed by atoms with van der Waals surface area (Å²) < 4.78 is 0. The van der Waals surface area contributed by atoms with Crippen LogP contribution in [0.4, 0.5) is 11.8 Å². The summed E-state index contributed by atoms with van der Waals surface area (Å²) in [6, 6.07) is 10.1. The van der Waals surface area contributed by atoms with Crippen molar-refractivity contribution < 1.29 is 0 Å². The summed E-state index contributed by atoms with van der Waals surface area (Å²) in [5.74, 6) is 1.93. The standard InChI is InChI=1S/C19H24ClN5/c20-17-6-2-1-5-16(17)15-23-11-13-25(14-12-23)19-21-8-7-18(22-19)24-9-3-4-10-24/h1-2,5-8H,3-4,9-15H2. The smallest absolute Gasteiger partial charge is 0.227 e. The topological polar surface area (TPSA) is 35.5 Å². The molecule has 4 rings (SSSR count). The molecule has 0 N–H and O–H groups in total. The van der Waals surface area contributed by atoms with Crippen LogP contribution >= 0.6 is 11.6 Å². The summed E-state index contributed by atoms with van der Waals surface area (Å²) in [6.45, 7) is 7.04. The van der Waals surface area contributed by atoms with E-state index >= 15 is 0 Å². The van der Waals surface area contributed by atoms with Crippen LogP contribution in [0.2, 0.25) is 5.02 Å². The molecule has 2 aromatic rings. The van der Waals surface area contributed by atoms with Gasteiger partial charge in [-0.1, -0.05) is 29.8 Å². The molecule has 25 heavy (non-hydrogen) atoms. The van der Waals surface area contributed by atoms with Crippen LogP contribution in [0.3, 0.4) is 0 Å². The largest absolute Gasteiger partial charge is 0.356 e. The lowest BCUT2D eigenvalue weighted by molar-refractivity contribution is 0.249. The molecule has 0 spiro atoms. The number of benzene rings is 1. The second kappa shape index (κ2) is 7.58. The Hall–Kier alpha value is -1.85. The number of hydrogen-bond donors (Lipinski definition) is 0. The fourth-order valence-corrected chi connectivity index (χ4v) is 3.78. The first-order valence-electron chi connectivity index (χ1n) is 9.08. The summed E-state index contributed by atoms with van der Waals surface area (Å²) >= 11 is 6.29. The Labute approximate surface area is 154 Å². The number of anilines is 2. The summed E-state index contributed by atoms with van der Waals surface area (Å²) in [6.07, 6.45) is 4.42. The van der Waals surface area contributed by atoms with Crippen molar-refractivity contribution >= 4 is 23.4 Å². The molecule has 0 aliphatic carbocycles. The monoisotopic (exact) mass is 357 g/mol. The van der Waals surface area contributed by atoms with Crippen molar-refractivity contribution in [1.29, 1.82) is 0 Å². The maximum absolute atomic E-state index is 6.29. The van der Waals surface area contributed by atoms with Crippen molar-refractivity contribution in [3.05, 3.63) is 47.1 Å². The van der Waals surface area contributed by atoms with Gasteiger partial charge < -0.3 is 9.80 Å². The molecule has 0 unspecified atom stereocenters. The van der Waals surface area contributed by atoms with Gasteiger partial charge in [-0.05, 0) is 30.5 Å². The molecule has 2 aliphatic heterocycles. The zero-order valence-corrected chi connectivity index (χ0v) is 15.2. The van der Waals surface area contributed by atoms with E-state index in [1.54, 1.807) is 0 Å². The van der Waals surface area contributed by atoms with Crippen LogP contribution in [-0.2, 0) is 6.54 Å². The Kier molecular flexibility index (Phi) is 5.04. The minimum absolute atomic E-state index is 0.853. The van der Waals surface area contributed by atoms with E-state index in [4.69, 9.17) is 16.6 Å². The summed E-state index contributed by atoms with van der Waals surface area (Å²) in [5.41, 5.74) is 1.20. The van der Waals surface area contributed by atoms with Crippen LogP contribution in [0.15, 0.2) is 36.5 Å². The third-order valence-electron chi connectivity index (χ3n) is 5.07. The molecule has 2 fully saturated rings. The Morgan fingerprint density at radius 2 is 1.64 bits per heavy atom. The number of nitrogens with zero attached hydrogens (tertiary/aromatic N) is 5. The van der Waals surface area contributed by atoms with Gasteiger partial charge in [0.2, 0.25) is 5.95 Å². The Morgan fingerprint density at radius 1 is 0.880 bits per heavy atom. The van der Waals surface area contributed by atoms with E-state index in [0.717, 1.165) is 62.6 Å². The molecule has 0 saturated carbocycles. The maximum atomic E-state index is 6.29. The van der Waals surface area contributed by atoms with Gasteiger partial charge in [0.05, 0.1) is 0 Å². The first-order chi connectivity index (χ1) is 12.3. The normalized spacial score (nSPS) is 18.8. The molecule has 2 aliphatic rings. The predicted molar refractivity (Wildman–Crippen MR) is 102 cm³/mol. The Morgan fingerprint density at radius 3 is 2.40 bits per heavy atom. The van der Waals surface area contributed by atoms with E-state index in [-0.39, 0.29) is 0 Å². The van der Waals surface area contributed by atoms with E-state index in [1.165, 1.54) is 18.4 Å². The first kappa shape index (κ1) is 16.6. The predicted octanol–water partition coefficient (Wildman–Crippen LogP) is 3.05. The van der Waals surface area contributed by atoms with Crippen LogP contribution < -0.4 is 9.80 Å². The summed E-state index contributed by atoms with van der Waals surface area (Å²) in [7, 11) is 0.